The summed E-state index contributed by atoms with van der Waals surface area (Å²) in [6.07, 6.45) is 0. The fraction of sp³-hybridized carbons (Fsp3) is 0. The van der Waals surface area contributed by atoms with E-state index in [0.717, 1.165) is 0 Å². The van der Waals surface area contributed by atoms with Crippen molar-refractivity contribution in [1.29, 1.82) is 0 Å². The number of rotatable bonds is 1. The van der Waals surface area contributed by atoms with Crippen LogP contribution in [0.15, 0.2) is 18.2 Å². The number of carboxylic acids is 1. The van der Waals surface area contributed by atoms with Crippen LogP contribution in [0.25, 0.3) is 0 Å². The Morgan fingerprint density at radius 2 is 2.09 bits per heavy atom. The van der Waals surface area contributed by atoms with Crippen LogP contribution in [0.2, 0.25) is 0 Å². The monoisotopic (exact) mass is 168 g/mol. The van der Waals surface area contributed by atoms with E-state index < -0.39 is 5.97 Å². The average Bonchev–Trinajstić information content (AvgIpc) is 1.85. The van der Waals surface area contributed by atoms with E-state index in [1.807, 2.05) is 0 Å². The van der Waals surface area contributed by atoms with Crippen molar-refractivity contribution in [3.8, 4) is 5.75 Å². The summed E-state index contributed by atoms with van der Waals surface area (Å²) in [5.41, 5.74) is 0.287. The van der Waals surface area contributed by atoms with Crippen LogP contribution in [-0.2, 0) is 0 Å². The minimum Gasteiger partial charge on any atom is -0.508 e. The number of hydrogen-bond acceptors (Lipinski definition) is 2. The maximum atomic E-state index is 10.5. The van der Waals surface area contributed by atoms with Crippen molar-refractivity contribution in [1.82, 2.24) is 0 Å². The van der Waals surface area contributed by atoms with Gasteiger partial charge >= 0.3 is 5.97 Å². The zero-order chi connectivity index (χ0) is 8.43. The van der Waals surface area contributed by atoms with Crippen LogP contribution in [-0.4, -0.2) is 26.4 Å². The minimum absolute atomic E-state index is 0.125. The van der Waals surface area contributed by atoms with Gasteiger partial charge in [0, 0.05) is 10.2 Å². The van der Waals surface area contributed by atoms with Gasteiger partial charge in [0.2, 0.25) is 0 Å². The molecular weight excluding hydrogens is 160 g/mol. The van der Waals surface area contributed by atoms with Gasteiger partial charge in [0.1, 0.15) is 5.75 Å². The van der Waals surface area contributed by atoms with Gasteiger partial charge in [0.25, 0.3) is 0 Å². The lowest BCUT2D eigenvalue weighted by atomic mass is 10.2. The third-order valence-electron chi connectivity index (χ3n) is 1.44. The van der Waals surface area contributed by atoms with Crippen LogP contribution in [0.3, 0.4) is 0 Å². The third kappa shape index (κ3) is 1.59. The molecular formula is C7H8O3Si. The van der Waals surface area contributed by atoms with Gasteiger partial charge in [-0.3, -0.25) is 0 Å². The van der Waals surface area contributed by atoms with Gasteiger partial charge in [-0.2, -0.15) is 0 Å². The number of benzene rings is 1. The molecule has 1 aromatic carbocycles. The molecule has 0 heterocycles. The lowest BCUT2D eigenvalue weighted by Crippen LogP contribution is -2.14. The zero-order valence-corrected chi connectivity index (χ0v) is 8.03. The van der Waals surface area contributed by atoms with Gasteiger partial charge in [0.15, 0.2) is 0 Å². The topological polar surface area (TPSA) is 57.5 Å². The molecule has 0 spiro atoms. The maximum Gasteiger partial charge on any atom is 0.335 e. The van der Waals surface area contributed by atoms with E-state index in [1.54, 1.807) is 0 Å². The second-order valence-electron chi connectivity index (χ2n) is 2.30. The lowest BCUT2D eigenvalue weighted by molar-refractivity contribution is 0.0698. The van der Waals surface area contributed by atoms with Gasteiger partial charge in [-0.05, 0) is 18.2 Å². The molecule has 0 aliphatic carbocycles. The van der Waals surface area contributed by atoms with E-state index in [9.17, 15) is 4.79 Å². The first kappa shape index (κ1) is 7.81. The molecule has 0 fully saturated rings. The number of carbonyl (C=O) groups is 1. The van der Waals surface area contributed by atoms with Gasteiger partial charge in [-0.25, -0.2) is 4.79 Å². The van der Waals surface area contributed by atoms with Crippen LogP contribution >= 0.6 is 0 Å². The highest BCUT2D eigenvalue weighted by atomic mass is 28.1. The Labute approximate surface area is 66.7 Å². The van der Waals surface area contributed by atoms with Crippen molar-refractivity contribution in [2.75, 3.05) is 0 Å². The van der Waals surface area contributed by atoms with E-state index in [0.29, 0.717) is 15.4 Å². The summed E-state index contributed by atoms with van der Waals surface area (Å²) < 4.78 is 0. The van der Waals surface area contributed by atoms with Crippen LogP contribution < -0.4 is 5.19 Å². The molecule has 0 aromatic heterocycles. The molecule has 0 aliphatic rings. The van der Waals surface area contributed by atoms with E-state index in [1.165, 1.54) is 18.2 Å². The third-order valence-corrected chi connectivity index (χ3v) is 2.27. The molecule has 11 heavy (non-hydrogen) atoms. The first-order chi connectivity index (χ1) is 5.11. The Kier molecular flexibility index (Phi) is 1.95. The molecule has 58 valence electrons. The Balaban J connectivity index is 3.20. The highest BCUT2D eigenvalue weighted by molar-refractivity contribution is 6.36. The van der Waals surface area contributed by atoms with E-state index >= 15 is 0 Å². The van der Waals surface area contributed by atoms with Crippen LogP contribution in [0, 0.1) is 0 Å². The largest absolute Gasteiger partial charge is 0.508 e. The van der Waals surface area contributed by atoms with Crippen LogP contribution in [0.1, 0.15) is 10.4 Å². The SMILES string of the molecule is O=C(O)c1ccc(O)cc1[SiH3]. The molecule has 1 aromatic rings. The summed E-state index contributed by atoms with van der Waals surface area (Å²) in [5.74, 6) is -0.810. The quantitative estimate of drug-likeness (QED) is 0.533. The van der Waals surface area contributed by atoms with Gasteiger partial charge < -0.3 is 10.2 Å². The molecule has 0 saturated heterocycles. The molecule has 0 bridgehead atoms. The van der Waals surface area contributed by atoms with Crippen molar-refractivity contribution in [3.05, 3.63) is 23.8 Å². The number of phenolic OH excluding ortho intramolecular Hbond substituents is 1. The first-order valence-electron chi connectivity index (χ1n) is 3.14. The highest BCUT2D eigenvalue weighted by Crippen LogP contribution is 2.06. The molecule has 0 radical (unpaired) electrons. The summed E-state index contributed by atoms with van der Waals surface area (Å²) in [5, 5.41) is 18.3. The maximum absolute atomic E-state index is 10.5. The van der Waals surface area contributed by atoms with Crippen molar-refractivity contribution in [2.24, 2.45) is 0 Å². The summed E-state index contributed by atoms with van der Waals surface area (Å²) in [6.45, 7) is 0. The van der Waals surface area contributed by atoms with Crippen molar-refractivity contribution < 1.29 is 15.0 Å². The van der Waals surface area contributed by atoms with Crippen LogP contribution in [0.4, 0.5) is 0 Å². The smallest absolute Gasteiger partial charge is 0.335 e. The number of carboxylic acid groups (broad SMARTS) is 1. The Morgan fingerprint density at radius 3 is 2.55 bits per heavy atom. The van der Waals surface area contributed by atoms with Gasteiger partial charge in [-0.1, -0.05) is 5.19 Å². The van der Waals surface area contributed by atoms with Crippen molar-refractivity contribution in [2.45, 2.75) is 0 Å². The van der Waals surface area contributed by atoms with Gasteiger partial charge in [0.05, 0.1) is 5.56 Å². The predicted molar refractivity (Wildman–Crippen MR) is 44.6 cm³/mol. The zero-order valence-electron chi connectivity index (χ0n) is 6.03. The molecule has 2 N–H and O–H groups in total. The molecule has 0 atom stereocenters. The lowest BCUT2D eigenvalue weighted by Gasteiger charge is -1.99. The molecule has 0 unspecified atom stereocenters. The minimum atomic E-state index is -0.935. The summed E-state index contributed by atoms with van der Waals surface area (Å²) in [7, 11) is 0.631. The Hall–Kier alpha value is -1.29. The molecule has 4 heteroatoms. The molecule has 1 rings (SSSR count). The first-order valence-corrected chi connectivity index (χ1v) is 4.14. The number of phenols is 1. The highest BCUT2D eigenvalue weighted by Gasteiger charge is 2.05. The number of hydrogen-bond donors (Lipinski definition) is 2. The number of aromatic carboxylic acids is 1. The molecule has 0 amide bonds. The average molecular weight is 168 g/mol. The Morgan fingerprint density at radius 1 is 1.45 bits per heavy atom. The van der Waals surface area contributed by atoms with E-state index in [-0.39, 0.29) is 11.3 Å². The molecule has 0 aliphatic heterocycles. The van der Waals surface area contributed by atoms with Crippen molar-refractivity contribution >= 4 is 21.4 Å². The van der Waals surface area contributed by atoms with Gasteiger partial charge in [-0.15, -0.1) is 0 Å². The second kappa shape index (κ2) is 2.75. The summed E-state index contributed by atoms with van der Waals surface area (Å²) >= 11 is 0. The summed E-state index contributed by atoms with van der Waals surface area (Å²) in [6, 6.07) is 4.28. The predicted octanol–water partition coefficient (Wildman–Crippen LogP) is -0.919. The summed E-state index contributed by atoms with van der Waals surface area (Å²) in [4.78, 5) is 10.5. The Bertz CT molecular complexity index is 296. The fourth-order valence-corrected chi connectivity index (χ4v) is 1.56. The second-order valence-corrected chi connectivity index (χ2v) is 3.38. The molecule has 3 nitrogen and oxygen atoms in total. The van der Waals surface area contributed by atoms with E-state index in [2.05, 4.69) is 0 Å². The standard InChI is InChI=1S/C7H8O3Si/c8-4-1-2-5(7(9)10)6(11)3-4/h1-3,8H,11H3,(H,9,10). The number of aromatic hydroxyl groups is 1. The molecule has 0 saturated carbocycles. The van der Waals surface area contributed by atoms with Crippen LogP contribution in [0.5, 0.6) is 5.75 Å². The normalized spacial score (nSPS) is 9.82. The van der Waals surface area contributed by atoms with Crippen molar-refractivity contribution in [3.63, 3.8) is 0 Å². The van der Waals surface area contributed by atoms with E-state index in [4.69, 9.17) is 10.2 Å². The fourth-order valence-electron chi connectivity index (χ4n) is 0.888.